The van der Waals surface area contributed by atoms with Crippen molar-refractivity contribution in [2.45, 2.75) is 13.3 Å². The molecule has 1 aromatic rings. The summed E-state index contributed by atoms with van der Waals surface area (Å²) in [5, 5.41) is 11.3. The summed E-state index contributed by atoms with van der Waals surface area (Å²) in [4.78, 5) is 35.3. The summed E-state index contributed by atoms with van der Waals surface area (Å²) in [6.45, 7) is 1.91. The molecule has 0 heterocycles. The fraction of sp³-hybridized carbons (Fsp3) is 0.357. The van der Waals surface area contributed by atoms with E-state index in [2.05, 4.69) is 5.32 Å². The Balaban J connectivity index is 2.38. The molecule has 108 valence electrons. The van der Waals surface area contributed by atoms with E-state index in [0.717, 1.165) is 0 Å². The number of rotatable bonds is 7. The summed E-state index contributed by atoms with van der Waals surface area (Å²) in [6.07, 6.45) is 0.0830. The molecule has 0 aliphatic carbocycles. The van der Waals surface area contributed by atoms with Gasteiger partial charge in [0, 0.05) is 25.1 Å². The van der Waals surface area contributed by atoms with Gasteiger partial charge in [0.15, 0.2) is 0 Å². The highest BCUT2D eigenvalue weighted by Gasteiger charge is 2.14. The molecule has 0 aliphatic heterocycles. The predicted octanol–water partition coefficient (Wildman–Crippen LogP) is 0.740. The molecule has 0 unspecified atom stereocenters. The van der Waals surface area contributed by atoms with E-state index in [1.165, 1.54) is 4.90 Å². The van der Waals surface area contributed by atoms with E-state index in [-0.39, 0.29) is 31.3 Å². The molecule has 0 saturated carbocycles. The van der Waals surface area contributed by atoms with E-state index in [1.54, 1.807) is 31.2 Å². The molecule has 0 radical (unpaired) electrons. The van der Waals surface area contributed by atoms with Crippen molar-refractivity contribution in [3.63, 3.8) is 0 Å². The van der Waals surface area contributed by atoms with Gasteiger partial charge in [0.05, 0.1) is 0 Å². The molecule has 0 spiro atoms. The fourth-order valence-electron chi connectivity index (χ4n) is 1.67. The summed E-state index contributed by atoms with van der Waals surface area (Å²) in [7, 11) is 0. The molecule has 0 aliphatic rings. The predicted molar refractivity (Wildman–Crippen MR) is 73.3 cm³/mol. The number of likely N-dealkylation sites (N-methyl/N-ethyl adjacent to an activating group) is 1. The van der Waals surface area contributed by atoms with Crippen LogP contribution in [0.5, 0.6) is 0 Å². The van der Waals surface area contributed by atoms with Gasteiger partial charge in [-0.2, -0.15) is 0 Å². The third-order valence-corrected chi connectivity index (χ3v) is 2.72. The lowest BCUT2D eigenvalue weighted by Crippen LogP contribution is -2.37. The number of benzene rings is 1. The molecule has 0 atom stereocenters. The second-order valence-electron chi connectivity index (χ2n) is 4.17. The number of carboxylic acids is 1. The van der Waals surface area contributed by atoms with Gasteiger partial charge < -0.3 is 15.3 Å². The van der Waals surface area contributed by atoms with Crippen molar-refractivity contribution in [1.82, 2.24) is 10.2 Å². The molecule has 1 rings (SSSR count). The Morgan fingerprint density at radius 3 is 2.40 bits per heavy atom. The maximum absolute atomic E-state index is 11.7. The van der Waals surface area contributed by atoms with E-state index < -0.39 is 5.97 Å². The molecule has 0 bridgehead atoms. The van der Waals surface area contributed by atoms with Crippen LogP contribution in [-0.4, -0.2) is 47.4 Å². The molecule has 6 heteroatoms. The van der Waals surface area contributed by atoms with Crippen LogP contribution in [0.15, 0.2) is 30.3 Å². The fourth-order valence-corrected chi connectivity index (χ4v) is 1.67. The van der Waals surface area contributed by atoms with Crippen LogP contribution < -0.4 is 5.32 Å². The van der Waals surface area contributed by atoms with Gasteiger partial charge in [0.2, 0.25) is 5.91 Å². The van der Waals surface area contributed by atoms with Gasteiger partial charge in [-0.25, -0.2) is 0 Å². The van der Waals surface area contributed by atoms with Gasteiger partial charge >= 0.3 is 5.97 Å². The van der Waals surface area contributed by atoms with Crippen LogP contribution in [-0.2, 0) is 9.59 Å². The van der Waals surface area contributed by atoms with Crippen LogP contribution in [0.3, 0.4) is 0 Å². The van der Waals surface area contributed by atoms with Crippen molar-refractivity contribution in [3.05, 3.63) is 35.9 Å². The molecule has 2 amide bonds. The Bertz CT molecular complexity index is 473. The van der Waals surface area contributed by atoms with Crippen LogP contribution in [0, 0.1) is 0 Å². The number of amides is 2. The highest BCUT2D eigenvalue weighted by atomic mass is 16.4. The molecule has 1 aromatic carbocycles. The van der Waals surface area contributed by atoms with Crippen molar-refractivity contribution in [3.8, 4) is 0 Å². The van der Waals surface area contributed by atoms with E-state index >= 15 is 0 Å². The first-order valence-electron chi connectivity index (χ1n) is 6.37. The average molecular weight is 278 g/mol. The maximum atomic E-state index is 11.7. The first kappa shape index (κ1) is 15.7. The summed E-state index contributed by atoms with van der Waals surface area (Å²) in [5.41, 5.74) is 0.526. The minimum Gasteiger partial charge on any atom is -0.480 e. The molecule has 0 fully saturated rings. The Kier molecular flexibility index (Phi) is 6.22. The zero-order valence-corrected chi connectivity index (χ0v) is 11.3. The highest BCUT2D eigenvalue weighted by molar-refractivity contribution is 5.94. The summed E-state index contributed by atoms with van der Waals surface area (Å²) >= 11 is 0. The van der Waals surface area contributed by atoms with E-state index in [9.17, 15) is 14.4 Å². The number of carbonyl (C=O) groups excluding carboxylic acids is 2. The third-order valence-electron chi connectivity index (χ3n) is 2.72. The quantitative estimate of drug-likeness (QED) is 0.770. The number of hydrogen-bond acceptors (Lipinski definition) is 3. The lowest BCUT2D eigenvalue weighted by atomic mass is 10.2. The van der Waals surface area contributed by atoms with E-state index in [4.69, 9.17) is 5.11 Å². The average Bonchev–Trinajstić information content (AvgIpc) is 2.45. The van der Waals surface area contributed by atoms with Gasteiger partial charge in [-0.15, -0.1) is 0 Å². The van der Waals surface area contributed by atoms with Crippen LogP contribution in [0.25, 0.3) is 0 Å². The van der Waals surface area contributed by atoms with Crippen molar-refractivity contribution in [2.75, 3.05) is 19.6 Å². The lowest BCUT2D eigenvalue weighted by molar-refractivity contribution is -0.144. The molecule has 2 N–H and O–H groups in total. The largest absolute Gasteiger partial charge is 0.480 e. The molecule has 20 heavy (non-hydrogen) atoms. The number of aliphatic carboxylic acids is 1. The zero-order valence-electron chi connectivity index (χ0n) is 11.3. The molecule has 0 aromatic heterocycles. The van der Waals surface area contributed by atoms with Gasteiger partial charge in [0.1, 0.15) is 6.54 Å². The zero-order chi connectivity index (χ0) is 15.0. The first-order chi connectivity index (χ1) is 9.54. The summed E-state index contributed by atoms with van der Waals surface area (Å²) in [5.74, 6) is -1.59. The lowest BCUT2D eigenvalue weighted by Gasteiger charge is -2.18. The normalized spacial score (nSPS) is 9.85. The van der Waals surface area contributed by atoms with Gasteiger partial charge in [0.25, 0.3) is 5.91 Å². The minimum atomic E-state index is -1.05. The first-order valence-corrected chi connectivity index (χ1v) is 6.37. The smallest absolute Gasteiger partial charge is 0.323 e. The number of nitrogens with zero attached hydrogens (tertiary/aromatic N) is 1. The third kappa shape index (κ3) is 5.09. The Labute approximate surface area is 117 Å². The maximum Gasteiger partial charge on any atom is 0.323 e. The topological polar surface area (TPSA) is 86.7 Å². The second-order valence-corrected chi connectivity index (χ2v) is 4.17. The molecule has 0 saturated heterocycles. The Morgan fingerprint density at radius 1 is 1.20 bits per heavy atom. The standard InChI is InChI=1S/C14H18N2O4/c1-2-16(10-13(18)19)12(17)8-9-15-14(20)11-6-4-3-5-7-11/h3-7H,2,8-10H2,1H3,(H,15,20)(H,18,19). The SMILES string of the molecule is CCN(CC(=O)O)C(=O)CCNC(=O)c1ccccc1. The number of nitrogens with one attached hydrogen (secondary N) is 1. The van der Waals surface area contributed by atoms with E-state index in [1.807, 2.05) is 6.07 Å². The van der Waals surface area contributed by atoms with Crippen LogP contribution >= 0.6 is 0 Å². The van der Waals surface area contributed by atoms with Gasteiger partial charge in [-0.3, -0.25) is 14.4 Å². The number of hydrogen-bond donors (Lipinski definition) is 2. The van der Waals surface area contributed by atoms with Crippen LogP contribution in [0.2, 0.25) is 0 Å². The number of carboxylic acid groups (broad SMARTS) is 1. The number of carbonyl (C=O) groups is 3. The minimum absolute atomic E-state index is 0.0830. The van der Waals surface area contributed by atoms with Crippen molar-refractivity contribution >= 4 is 17.8 Å². The Morgan fingerprint density at radius 2 is 1.85 bits per heavy atom. The summed E-state index contributed by atoms with van der Waals surface area (Å²) < 4.78 is 0. The van der Waals surface area contributed by atoms with E-state index in [0.29, 0.717) is 12.1 Å². The van der Waals surface area contributed by atoms with Crippen molar-refractivity contribution < 1.29 is 19.5 Å². The summed E-state index contributed by atoms with van der Waals surface area (Å²) in [6, 6.07) is 8.68. The molecular formula is C14H18N2O4. The van der Waals surface area contributed by atoms with Gasteiger partial charge in [-0.05, 0) is 19.1 Å². The van der Waals surface area contributed by atoms with Gasteiger partial charge in [-0.1, -0.05) is 18.2 Å². The monoisotopic (exact) mass is 278 g/mol. The highest BCUT2D eigenvalue weighted by Crippen LogP contribution is 1.98. The Hall–Kier alpha value is -2.37. The van der Waals surface area contributed by atoms with Crippen LogP contribution in [0.4, 0.5) is 0 Å². The molecular weight excluding hydrogens is 260 g/mol. The van der Waals surface area contributed by atoms with Crippen LogP contribution in [0.1, 0.15) is 23.7 Å². The molecule has 6 nitrogen and oxygen atoms in total. The van der Waals surface area contributed by atoms with Crippen molar-refractivity contribution in [1.29, 1.82) is 0 Å². The second kappa shape index (κ2) is 7.93. The van der Waals surface area contributed by atoms with Crippen molar-refractivity contribution in [2.24, 2.45) is 0 Å².